The monoisotopic (exact) mass is 389 g/mol. The van der Waals surface area contributed by atoms with E-state index in [0.29, 0.717) is 12.5 Å². The van der Waals surface area contributed by atoms with Crippen molar-refractivity contribution in [2.24, 2.45) is 0 Å². The summed E-state index contributed by atoms with van der Waals surface area (Å²) in [5, 5.41) is 1.71. The van der Waals surface area contributed by atoms with Gasteiger partial charge >= 0.3 is 0 Å². The highest BCUT2D eigenvalue weighted by Gasteiger charge is 2.29. The smallest absolute Gasteiger partial charge is 0.261 e. The Kier molecular flexibility index (Phi) is 4.47. The van der Waals surface area contributed by atoms with Crippen LogP contribution in [0.15, 0.2) is 43.0 Å². The van der Waals surface area contributed by atoms with Crippen molar-refractivity contribution in [2.45, 2.75) is 44.4 Å². The minimum atomic E-state index is -0.00787. The predicted molar refractivity (Wildman–Crippen MR) is 114 cm³/mol. The number of thiazole rings is 1. The number of carbonyl (C=O) groups excluding carboxylic acids is 1. The molecule has 0 bridgehead atoms. The Balaban J connectivity index is 1.59. The third-order valence-electron chi connectivity index (χ3n) is 5.58. The first-order chi connectivity index (χ1) is 13.7. The highest BCUT2D eigenvalue weighted by molar-refractivity contribution is 7.16. The van der Waals surface area contributed by atoms with Crippen LogP contribution in [-0.2, 0) is 12.8 Å². The van der Waals surface area contributed by atoms with Gasteiger partial charge < -0.3 is 0 Å². The van der Waals surface area contributed by atoms with Gasteiger partial charge in [0.25, 0.3) is 5.91 Å². The highest BCUT2D eigenvalue weighted by Crippen LogP contribution is 2.40. The molecule has 2 aromatic heterocycles. The number of carbonyl (C=O) groups is 1. The van der Waals surface area contributed by atoms with E-state index >= 15 is 0 Å². The van der Waals surface area contributed by atoms with Crippen molar-refractivity contribution >= 4 is 33.3 Å². The second-order valence-corrected chi connectivity index (χ2v) is 8.73. The molecule has 5 heteroatoms. The van der Waals surface area contributed by atoms with Gasteiger partial charge in [0, 0.05) is 28.4 Å². The number of nitrogens with zero attached hydrogens (tertiary/aromatic N) is 3. The van der Waals surface area contributed by atoms with Gasteiger partial charge in [0.2, 0.25) is 0 Å². The van der Waals surface area contributed by atoms with Crippen molar-refractivity contribution < 1.29 is 4.79 Å². The van der Waals surface area contributed by atoms with E-state index < -0.39 is 0 Å². The molecule has 1 amide bonds. The van der Waals surface area contributed by atoms with Gasteiger partial charge in [0.05, 0.1) is 16.8 Å². The SMILES string of the molecule is C=CCN(C(=O)c1cc(C2CC2)nc2ccccc12)c1nc2c(s1)CCCC2. The number of fused-ring (bicyclic) bond motifs is 2. The van der Waals surface area contributed by atoms with E-state index in [0.717, 1.165) is 53.0 Å². The molecule has 2 heterocycles. The second-order valence-electron chi connectivity index (χ2n) is 7.66. The molecule has 142 valence electrons. The third kappa shape index (κ3) is 3.14. The predicted octanol–water partition coefficient (Wildman–Crippen LogP) is 5.28. The largest absolute Gasteiger partial charge is 0.280 e. The first-order valence-electron chi connectivity index (χ1n) is 10.1. The number of rotatable bonds is 5. The van der Waals surface area contributed by atoms with Crippen LogP contribution >= 0.6 is 11.3 Å². The van der Waals surface area contributed by atoms with Crippen molar-refractivity contribution in [1.29, 1.82) is 0 Å². The molecule has 1 saturated carbocycles. The van der Waals surface area contributed by atoms with E-state index in [2.05, 4.69) is 6.58 Å². The molecule has 2 aliphatic rings. The van der Waals surface area contributed by atoms with E-state index in [4.69, 9.17) is 9.97 Å². The standard InChI is InChI=1S/C23H23N3OS/c1-2-13-26(23-25-19-9-5-6-10-21(19)28-23)22(27)17-14-20(15-11-12-15)24-18-8-4-3-7-16(17)18/h2-4,7-8,14-15H,1,5-6,9-13H2. The van der Waals surface area contributed by atoms with Crippen molar-refractivity contribution in [3.05, 3.63) is 64.8 Å². The lowest BCUT2D eigenvalue weighted by Gasteiger charge is -2.19. The Morgan fingerprint density at radius 2 is 2.04 bits per heavy atom. The lowest BCUT2D eigenvalue weighted by atomic mass is 10.0. The van der Waals surface area contributed by atoms with Gasteiger partial charge in [0.15, 0.2) is 5.13 Å². The van der Waals surface area contributed by atoms with Crippen LogP contribution in [0.25, 0.3) is 10.9 Å². The Labute approximate surface area is 168 Å². The molecule has 4 nitrogen and oxygen atoms in total. The Hall–Kier alpha value is -2.53. The van der Waals surface area contributed by atoms with Crippen LogP contribution in [0, 0.1) is 0 Å². The molecule has 2 aliphatic carbocycles. The molecule has 3 aromatic rings. The lowest BCUT2D eigenvalue weighted by molar-refractivity contribution is 0.0991. The lowest BCUT2D eigenvalue weighted by Crippen LogP contribution is -2.31. The molecule has 1 aromatic carbocycles. The van der Waals surface area contributed by atoms with Gasteiger partial charge in [-0.25, -0.2) is 4.98 Å². The van der Waals surface area contributed by atoms with Crippen LogP contribution in [0.3, 0.4) is 0 Å². The first kappa shape index (κ1) is 17.6. The molecule has 0 aliphatic heterocycles. The topological polar surface area (TPSA) is 46.1 Å². The molecule has 0 atom stereocenters. The van der Waals surface area contributed by atoms with E-state index in [9.17, 15) is 4.79 Å². The normalized spacial score (nSPS) is 16.0. The molecule has 28 heavy (non-hydrogen) atoms. The van der Waals surface area contributed by atoms with E-state index in [1.54, 1.807) is 22.3 Å². The molecule has 0 unspecified atom stereocenters. The number of hydrogen-bond donors (Lipinski definition) is 0. The van der Waals surface area contributed by atoms with E-state index in [1.807, 2.05) is 30.3 Å². The fourth-order valence-electron chi connectivity index (χ4n) is 3.94. The summed E-state index contributed by atoms with van der Waals surface area (Å²) in [6.07, 6.45) is 8.60. The Morgan fingerprint density at radius 1 is 1.21 bits per heavy atom. The molecule has 0 saturated heterocycles. The van der Waals surface area contributed by atoms with Crippen molar-refractivity contribution in [3.63, 3.8) is 0 Å². The van der Waals surface area contributed by atoms with Crippen molar-refractivity contribution in [3.8, 4) is 0 Å². The van der Waals surface area contributed by atoms with E-state index in [-0.39, 0.29) is 5.91 Å². The van der Waals surface area contributed by atoms with Crippen LogP contribution < -0.4 is 4.90 Å². The molecule has 1 fully saturated rings. The summed E-state index contributed by atoms with van der Waals surface area (Å²) < 4.78 is 0. The number of para-hydroxylation sites is 1. The minimum absolute atomic E-state index is 0.00787. The highest BCUT2D eigenvalue weighted by atomic mass is 32.1. The van der Waals surface area contributed by atoms with Crippen molar-refractivity contribution in [2.75, 3.05) is 11.4 Å². The summed E-state index contributed by atoms with van der Waals surface area (Å²) in [5.41, 5.74) is 3.83. The van der Waals surface area contributed by atoms with Crippen LogP contribution in [0.2, 0.25) is 0 Å². The Bertz CT molecular complexity index is 1040. The number of aromatic nitrogens is 2. The van der Waals surface area contributed by atoms with Gasteiger partial charge in [-0.05, 0) is 50.7 Å². The second kappa shape index (κ2) is 7.13. The van der Waals surface area contributed by atoms with Crippen LogP contribution in [-0.4, -0.2) is 22.4 Å². The zero-order chi connectivity index (χ0) is 19.1. The molecular weight excluding hydrogens is 366 g/mol. The third-order valence-corrected chi connectivity index (χ3v) is 6.76. The van der Waals surface area contributed by atoms with Crippen molar-refractivity contribution in [1.82, 2.24) is 9.97 Å². The first-order valence-corrected chi connectivity index (χ1v) is 10.9. The van der Waals surface area contributed by atoms with Crippen LogP contribution in [0.1, 0.15) is 58.2 Å². The van der Waals surface area contributed by atoms with Gasteiger partial charge in [0.1, 0.15) is 0 Å². The molecule has 5 rings (SSSR count). The summed E-state index contributed by atoms with van der Waals surface area (Å²) in [6.45, 7) is 4.33. The Morgan fingerprint density at radius 3 is 2.82 bits per heavy atom. The maximum absolute atomic E-state index is 13.7. The number of benzene rings is 1. The average Bonchev–Trinajstić information content (AvgIpc) is 3.49. The quantitative estimate of drug-likeness (QED) is 0.558. The van der Waals surface area contributed by atoms with Crippen LogP contribution in [0.4, 0.5) is 5.13 Å². The maximum atomic E-state index is 13.7. The van der Waals surface area contributed by atoms with Crippen LogP contribution in [0.5, 0.6) is 0 Å². The summed E-state index contributed by atoms with van der Waals surface area (Å²) in [6, 6.07) is 9.95. The minimum Gasteiger partial charge on any atom is -0.280 e. The number of pyridine rings is 1. The molecule has 0 radical (unpaired) electrons. The van der Waals surface area contributed by atoms with Gasteiger partial charge in [-0.15, -0.1) is 17.9 Å². The maximum Gasteiger partial charge on any atom is 0.261 e. The summed E-state index contributed by atoms with van der Waals surface area (Å²) in [5.74, 6) is 0.489. The van der Waals surface area contributed by atoms with Gasteiger partial charge in [-0.2, -0.15) is 0 Å². The van der Waals surface area contributed by atoms with Gasteiger partial charge in [-0.3, -0.25) is 14.7 Å². The zero-order valence-corrected chi connectivity index (χ0v) is 16.7. The summed E-state index contributed by atoms with van der Waals surface area (Å²) in [7, 11) is 0. The number of amides is 1. The molecular formula is C23H23N3OS. The fraction of sp³-hybridized carbons (Fsp3) is 0.348. The number of hydrogen-bond acceptors (Lipinski definition) is 4. The zero-order valence-electron chi connectivity index (χ0n) is 15.9. The van der Waals surface area contributed by atoms with E-state index in [1.165, 1.54) is 23.4 Å². The molecule has 0 N–H and O–H groups in total. The average molecular weight is 390 g/mol. The number of anilines is 1. The van der Waals surface area contributed by atoms with Gasteiger partial charge in [-0.1, -0.05) is 24.3 Å². The fourth-order valence-corrected chi connectivity index (χ4v) is 5.09. The summed E-state index contributed by atoms with van der Waals surface area (Å²) in [4.78, 5) is 26.4. The number of aryl methyl sites for hydroxylation is 2. The summed E-state index contributed by atoms with van der Waals surface area (Å²) >= 11 is 1.67. The molecule has 0 spiro atoms.